The van der Waals surface area contributed by atoms with E-state index < -0.39 is 0 Å². The van der Waals surface area contributed by atoms with Crippen molar-refractivity contribution in [2.75, 3.05) is 18.4 Å². The van der Waals surface area contributed by atoms with Crippen LogP contribution in [0.15, 0.2) is 42.5 Å². The lowest BCUT2D eigenvalue weighted by molar-refractivity contribution is -0.907. The molecule has 1 aliphatic rings. The highest BCUT2D eigenvalue weighted by Gasteiger charge is 2.21. The molecule has 0 aliphatic carbocycles. The zero-order valence-corrected chi connectivity index (χ0v) is 13.4. The Bertz CT molecular complexity index is 699. The number of nitrogens with one attached hydrogen (secondary N) is 2. The molecule has 1 aliphatic heterocycles. The van der Waals surface area contributed by atoms with Crippen molar-refractivity contribution in [3.05, 3.63) is 64.2 Å². The first-order valence-corrected chi connectivity index (χ1v) is 7.96. The predicted molar refractivity (Wildman–Crippen MR) is 89.4 cm³/mol. The van der Waals surface area contributed by atoms with E-state index in [1.165, 1.54) is 16.0 Å². The number of anilines is 1. The van der Waals surface area contributed by atoms with E-state index in [9.17, 15) is 4.79 Å². The van der Waals surface area contributed by atoms with Crippen molar-refractivity contribution in [3.8, 4) is 0 Å². The first-order chi connectivity index (χ1) is 10.6. The number of hydrogen-bond acceptors (Lipinski definition) is 1. The van der Waals surface area contributed by atoms with Crippen molar-refractivity contribution >= 4 is 23.2 Å². The van der Waals surface area contributed by atoms with Gasteiger partial charge in [0.1, 0.15) is 6.54 Å². The summed E-state index contributed by atoms with van der Waals surface area (Å²) in [6, 6.07) is 14.0. The molecule has 0 spiro atoms. The SMILES string of the molecule is Cc1cc(Cl)ccc1NC(=O)C[NH+]1CCc2ccccc2C1. The van der Waals surface area contributed by atoms with E-state index in [-0.39, 0.29) is 5.91 Å². The zero-order valence-electron chi connectivity index (χ0n) is 12.7. The third-order valence-corrected chi connectivity index (χ3v) is 4.41. The Labute approximate surface area is 135 Å². The van der Waals surface area contributed by atoms with Gasteiger partial charge in [0, 0.05) is 22.7 Å². The normalized spacial score (nSPS) is 16.9. The van der Waals surface area contributed by atoms with Gasteiger partial charge in [-0.3, -0.25) is 4.79 Å². The summed E-state index contributed by atoms with van der Waals surface area (Å²) in [5, 5.41) is 3.68. The number of quaternary nitrogens is 1. The Morgan fingerprint density at radius 1 is 1.23 bits per heavy atom. The number of carbonyl (C=O) groups excluding carboxylic acids is 1. The van der Waals surface area contributed by atoms with Crippen LogP contribution in [0, 0.1) is 6.92 Å². The van der Waals surface area contributed by atoms with Crippen molar-refractivity contribution in [2.24, 2.45) is 0 Å². The van der Waals surface area contributed by atoms with Gasteiger partial charge in [0.25, 0.3) is 5.91 Å². The fourth-order valence-corrected chi connectivity index (χ4v) is 3.21. The monoisotopic (exact) mass is 315 g/mol. The highest BCUT2D eigenvalue weighted by Crippen LogP contribution is 2.19. The van der Waals surface area contributed by atoms with E-state index in [0.717, 1.165) is 30.8 Å². The zero-order chi connectivity index (χ0) is 15.5. The fraction of sp³-hybridized carbons (Fsp3) is 0.278. The minimum absolute atomic E-state index is 0.0554. The Kier molecular flexibility index (Phi) is 4.46. The van der Waals surface area contributed by atoms with Crippen molar-refractivity contribution in [3.63, 3.8) is 0 Å². The van der Waals surface area contributed by atoms with Crippen molar-refractivity contribution in [1.82, 2.24) is 0 Å². The largest absolute Gasteiger partial charge is 0.323 e. The number of benzene rings is 2. The van der Waals surface area contributed by atoms with Gasteiger partial charge in [0.2, 0.25) is 0 Å². The maximum Gasteiger partial charge on any atom is 0.279 e. The fourth-order valence-electron chi connectivity index (χ4n) is 2.98. The lowest BCUT2D eigenvalue weighted by Crippen LogP contribution is -3.12. The minimum atomic E-state index is 0.0554. The molecule has 3 rings (SSSR count). The van der Waals surface area contributed by atoms with Crippen LogP contribution in [0.3, 0.4) is 0 Å². The molecule has 1 unspecified atom stereocenters. The van der Waals surface area contributed by atoms with E-state index in [2.05, 4.69) is 29.6 Å². The van der Waals surface area contributed by atoms with Crippen LogP contribution >= 0.6 is 11.6 Å². The van der Waals surface area contributed by atoms with Gasteiger partial charge in [-0.05, 0) is 36.2 Å². The predicted octanol–water partition coefficient (Wildman–Crippen LogP) is 2.23. The molecule has 114 valence electrons. The second-order valence-corrected chi connectivity index (χ2v) is 6.32. The van der Waals surface area contributed by atoms with Gasteiger partial charge in [0.15, 0.2) is 6.54 Å². The van der Waals surface area contributed by atoms with Crippen molar-refractivity contribution in [2.45, 2.75) is 19.9 Å². The molecule has 1 heterocycles. The number of carbonyl (C=O) groups is 1. The molecule has 2 aromatic rings. The average molecular weight is 316 g/mol. The van der Waals surface area contributed by atoms with Crippen LogP contribution in [0.1, 0.15) is 16.7 Å². The molecule has 4 heteroatoms. The Morgan fingerprint density at radius 3 is 2.77 bits per heavy atom. The lowest BCUT2D eigenvalue weighted by atomic mass is 10.00. The molecule has 0 saturated carbocycles. The molecule has 0 radical (unpaired) electrons. The van der Waals surface area contributed by atoms with E-state index in [4.69, 9.17) is 11.6 Å². The Balaban J connectivity index is 1.61. The van der Waals surface area contributed by atoms with Gasteiger partial charge in [-0.2, -0.15) is 0 Å². The topological polar surface area (TPSA) is 33.5 Å². The molecule has 0 fully saturated rings. The van der Waals surface area contributed by atoms with Crippen LogP contribution in [0.2, 0.25) is 5.02 Å². The summed E-state index contributed by atoms with van der Waals surface area (Å²) in [5.74, 6) is 0.0554. The number of aryl methyl sites for hydroxylation is 1. The summed E-state index contributed by atoms with van der Waals surface area (Å²) in [7, 11) is 0. The highest BCUT2D eigenvalue weighted by atomic mass is 35.5. The third-order valence-electron chi connectivity index (χ3n) is 4.18. The second-order valence-electron chi connectivity index (χ2n) is 5.88. The first kappa shape index (κ1) is 15.1. The Morgan fingerprint density at radius 2 is 2.00 bits per heavy atom. The molecule has 22 heavy (non-hydrogen) atoms. The third kappa shape index (κ3) is 3.49. The van der Waals surface area contributed by atoms with Crippen LogP contribution in [-0.4, -0.2) is 19.0 Å². The van der Waals surface area contributed by atoms with Gasteiger partial charge >= 0.3 is 0 Å². The van der Waals surface area contributed by atoms with Crippen LogP contribution in [0.25, 0.3) is 0 Å². The van der Waals surface area contributed by atoms with Gasteiger partial charge < -0.3 is 10.2 Å². The van der Waals surface area contributed by atoms with Gasteiger partial charge in [-0.25, -0.2) is 0 Å². The summed E-state index contributed by atoms with van der Waals surface area (Å²) in [5.41, 5.74) is 4.60. The molecule has 2 N–H and O–H groups in total. The molecular formula is C18H20ClN2O+. The van der Waals surface area contributed by atoms with Crippen LogP contribution in [0.4, 0.5) is 5.69 Å². The van der Waals surface area contributed by atoms with E-state index in [1.807, 2.05) is 19.1 Å². The van der Waals surface area contributed by atoms with E-state index in [1.54, 1.807) is 6.07 Å². The van der Waals surface area contributed by atoms with Crippen molar-refractivity contribution < 1.29 is 9.69 Å². The summed E-state index contributed by atoms with van der Waals surface area (Å²) in [6.07, 6.45) is 1.04. The van der Waals surface area contributed by atoms with Crippen LogP contribution in [0.5, 0.6) is 0 Å². The molecule has 0 saturated heterocycles. The number of halogens is 1. The van der Waals surface area contributed by atoms with Gasteiger partial charge in [0.05, 0.1) is 6.54 Å². The smallest absolute Gasteiger partial charge is 0.279 e. The van der Waals surface area contributed by atoms with E-state index in [0.29, 0.717) is 11.6 Å². The number of amides is 1. The number of fused-ring (bicyclic) bond motifs is 1. The molecule has 2 aromatic carbocycles. The number of rotatable bonds is 3. The van der Waals surface area contributed by atoms with Gasteiger partial charge in [-0.1, -0.05) is 35.9 Å². The maximum absolute atomic E-state index is 12.3. The number of hydrogen-bond donors (Lipinski definition) is 2. The summed E-state index contributed by atoms with van der Waals surface area (Å²) in [6.45, 7) is 4.37. The second kappa shape index (κ2) is 6.51. The molecule has 0 aromatic heterocycles. The quantitative estimate of drug-likeness (QED) is 0.895. The molecule has 1 amide bonds. The minimum Gasteiger partial charge on any atom is -0.323 e. The van der Waals surface area contributed by atoms with Crippen molar-refractivity contribution in [1.29, 1.82) is 0 Å². The maximum atomic E-state index is 12.3. The first-order valence-electron chi connectivity index (χ1n) is 7.58. The lowest BCUT2D eigenvalue weighted by Gasteiger charge is -2.25. The average Bonchev–Trinajstić information content (AvgIpc) is 2.50. The highest BCUT2D eigenvalue weighted by molar-refractivity contribution is 6.30. The van der Waals surface area contributed by atoms with Gasteiger partial charge in [-0.15, -0.1) is 0 Å². The standard InChI is InChI=1S/C18H19ClN2O/c1-13-10-16(19)6-7-17(13)20-18(22)12-21-9-8-14-4-2-3-5-15(14)11-21/h2-7,10H,8-9,11-12H2,1H3,(H,20,22)/p+1. The molecule has 3 nitrogen and oxygen atoms in total. The summed E-state index contributed by atoms with van der Waals surface area (Å²) < 4.78 is 0. The molecular weight excluding hydrogens is 296 g/mol. The summed E-state index contributed by atoms with van der Waals surface area (Å²) >= 11 is 5.94. The molecule has 1 atom stereocenters. The van der Waals surface area contributed by atoms with Crippen LogP contribution in [-0.2, 0) is 17.8 Å². The summed E-state index contributed by atoms with van der Waals surface area (Å²) in [4.78, 5) is 13.6. The molecule has 0 bridgehead atoms. The Hall–Kier alpha value is -1.84. The van der Waals surface area contributed by atoms with Crippen LogP contribution < -0.4 is 10.2 Å². The van der Waals surface area contributed by atoms with E-state index >= 15 is 0 Å².